The lowest BCUT2D eigenvalue weighted by atomic mass is 10.1. The van der Waals surface area contributed by atoms with Crippen LogP contribution in [0.3, 0.4) is 0 Å². The number of carbonyl (C=O) groups is 1. The molecule has 1 rings (SSSR count). The van der Waals surface area contributed by atoms with Crippen LogP contribution in [-0.4, -0.2) is 35.1 Å². The van der Waals surface area contributed by atoms with Crippen molar-refractivity contribution in [1.82, 2.24) is 4.90 Å². The molecule has 0 radical (unpaired) electrons. The van der Waals surface area contributed by atoms with Gasteiger partial charge in [0.2, 0.25) is 0 Å². The molecule has 0 aliphatic carbocycles. The number of benzene rings is 1. The topological polar surface area (TPSA) is 40.5 Å². The standard InChI is InChI=1S/C12H15Cl2NO2/c1-8(2)15(5-6-16)12(17)9-3-4-10(13)11(14)7-9/h3-4,7-8,16H,5-6H2,1-2H3. The first kappa shape index (κ1) is 14.3. The molecule has 1 aromatic rings. The molecule has 0 saturated carbocycles. The van der Waals surface area contributed by atoms with Crippen molar-refractivity contribution in [2.75, 3.05) is 13.2 Å². The molecule has 5 heteroatoms. The lowest BCUT2D eigenvalue weighted by Crippen LogP contribution is -2.39. The zero-order chi connectivity index (χ0) is 13.0. The van der Waals surface area contributed by atoms with Gasteiger partial charge in [-0.05, 0) is 32.0 Å². The molecular weight excluding hydrogens is 261 g/mol. The Bertz CT molecular complexity index is 407. The van der Waals surface area contributed by atoms with E-state index in [2.05, 4.69) is 0 Å². The molecule has 3 nitrogen and oxygen atoms in total. The number of hydrogen-bond donors (Lipinski definition) is 1. The molecule has 0 saturated heterocycles. The highest BCUT2D eigenvalue weighted by Crippen LogP contribution is 2.23. The van der Waals surface area contributed by atoms with Gasteiger partial charge in [-0.2, -0.15) is 0 Å². The normalized spacial score (nSPS) is 10.7. The van der Waals surface area contributed by atoms with Gasteiger partial charge in [0.25, 0.3) is 5.91 Å². The van der Waals surface area contributed by atoms with Gasteiger partial charge in [0.15, 0.2) is 0 Å². The highest BCUT2D eigenvalue weighted by molar-refractivity contribution is 6.42. The highest BCUT2D eigenvalue weighted by Gasteiger charge is 2.18. The van der Waals surface area contributed by atoms with Crippen LogP contribution in [0.15, 0.2) is 18.2 Å². The summed E-state index contributed by atoms with van der Waals surface area (Å²) in [5.74, 6) is -0.160. The second-order valence-electron chi connectivity index (χ2n) is 3.94. The van der Waals surface area contributed by atoms with E-state index in [0.717, 1.165) is 0 Å². The zero-order valence-electron chi connectivity index (χ0n) is 9.78. The van der Waals surface area contributed by atoms with Crippen LogP contribution in [-0.2, 0) is 0 Å². The van der Waals surface area contributed by atoms with Crippen LogP contribution in [0, 0.1) is 0 Å². The summed E-state index contributed by atoms with van der Waals surface area (Å²) in [4.78, 5) is 13.7. The fraction of sp³-hybridized carbons (Fsp3) is 0.417. The van der Waals surface area contributed by atoms with E-state index in [4.69, 9.17) is 28.3 Å². The quantitative estimate of drug-likeness (QED) is 0.918. The number of carbonyl (C=O) groups excluding carboxylic acids is 1. The summed E-state index contributed by atoms with van der Waals surface area (Å²) >= 11 is 11.7. The van der Waals surface area contributed by atoms with Gasteiger partial charge in [-0.3, -0.25) is 4.79 Å². The molecule has 94 valence electrons. The number of halogens is 2. The van der Waals surface area contributed by atoms with Crippen LogP contribution in [0.1, 0.15) is 24.2 Å². The Balaban J connectivity index is 2.97. The summed E-state index contributed by atoms with van der Waals surface area (Å²) in [6.07, 6.45) is 0. The van der Waals surface area contributed by atoms with E-state index in [1.54, 1.807) is 23.1 Å². The van der Waals surface area contributed by atoms with Crippen molar-refractivity contribution in [3.05, 3.63) is 33.8 Å². The second kappa shape index (κ2) is 6.24. The Kier molecular flexibility index (Phi) is 5.25. The maximum Gasteiger partial charge on any atom is 0.254 e. The molecule has 1 N–H and O–H groups in total. The van der Waals surface area contributed by atoms with Gasteiger partial charge in [0, 0.05) is 18.2 Å². The van der Waals surface area contributed by atoms with Crippen molar-refractivity contribution in [3.63, 3.8) is 0 Å². The first-order chi connectivity index (χ1) is 7.97. The summed E-state index contributed by atoms with van der Waals surface area (Å²) in [6, 6.07) is 4.78. The van der Waals surface area contributed by atoms with Crippen molar-refractivity contribution >= 4 is 29.1 Å². The smallest absolute Gasteiger partial charge is 0.254 e. The van der Waals surface area contributed by atoms with Crippen LogP contribution in [0.4, 0.5) is 0 Å². The van der Waals surface area contributed by atoms with Gasteiger partial charge in [0.1, 0.15) is 0 Å². The number of nitrogens with zero attached hydrogens (tertiary/aromatic N) is 1. The highest BCUT2D eigenvalue weighted by atomic mass is 35.5. The Morgan fingerprint density at radius 3 is 2.47 bits per heavy atom. The van der Waals surface area contributed by atoms with E-state index in [1.807, 2.05) is 13.8 Å². The van der Waals surface area contributed by atoms with E-state index in [-0.39, 0.29) is 18.6 Å². The molecule has 17 heavy (non-hydrogen) atoms. The lowest BCUT2D eigenvalue weighted by molar-refractivity contribution is 0.0665. The van der Waals surface area contributed by atoms with E-state index in [1.165, 1.54) is 0 Å². The van der Waals surface area contributed by atoms with Gasteiger partial charge >= 0.3 is 0 Å². The number of aliphatic hydroxyl groups is 1. The molecule has 1 amide bonds. The van der Waals surface area contributed by atoms with Crippen LogP contribution >= 0.6 is 23.2 Å². The van der Waals surface area contributed by atoms with E-state index in [0.29, 0.717) is 22.2 Å². The number of rotatable bonds is 4. The van der Waals surface area contributed by atoms with Gasteiger partial charge in [0.05, 0.1) is 16.7 Å². The number of hydrogen-bond acceptors (Lipinski definition) is 2. The molecular formula is C12H15Cl2NO2. The number of amides is 1. The van der Waals surface area contributed by atoms with Crippen LogP contribution in [0.5, 0.6) is 0 Å². The fourth-order valence-electron chi connectivity index (χ4n) is 1.50. The minimum Gasteiger partial charge on any atom is -0.395 e. The van der Waals surface area contributed by atoms with Crippen molar-refractivity contribution in [2.45, 2.75) is 19.9 Å². The maximum absolute atomic E-state index is 12.2. The predicted octanol–water partition coefficient (Wildman–Crippen LogP) is 2.84. The monoisotopic (exact) mass is 275 g/mol. The summed E-state index contributed by atoms with van der Waals surface area (Å²) in [6.45, 7) is 4.03. The second-order valence-corrected chi connectivity index (χ2v) is 4.76. The Labute approximate surface area is 111 Å². The zero-order valence-corrected chi connectivity index (χ0v) is 11.3. The van der Waals surface area contributed by atoms with Crippen LogP contribution < -0.4 is 0 Å². The van der Waals surface area contributed by atoms with Gasteiger partial charge in [-0.15, -0.1) is 0 Å². The van der Waals surface area contributed by atoms with Crippen LogP contribution in [0.25, 0.3) is 0 Å². The fourth-order valence-corrected chi connectivity index (χ4v) is 1.80. The summed E-state index contributed by atoms with van der Waals surface area (Å²) in [5, 5.41) is 9.71. The van der Waals surface area contributed by atoms with E-state index >= 15 is 0 Å². The van der Waals surface area contributed by atoms with Crippen molar-refractivity contribution < 1.29 is 9.90 Å². The molecule has 0 spiro atoms. The Morgan fingerprint density at radius 1 is 1.35 bits per heavy atom. The van der Waals surface area contributed by atoms with Crippen molar-refractivity contribution in [1.29, 1.82) is 0 Å². The molecule has 1 aromatic carbocycles. The molecule has 0 aliphatic heterocycles. The Hall–Kier alpha value is -0.770. The SMILES string of the molecule is CC(C)N(CCO)C(=O)c1ccc(Cl)c(Cl)c1. The molecule has 0 heterocycles. The lowest BCUT2D eigenvalue weighted by Gasteiger charge is -2.26. The average molecular weight is 276 g/mol. The van der Waals surface area contributed by atoms with Crippen molar-refractivity contribution in [3.8, 4) is 0 Å². The third-order valence-electron chi connectivity index (χ3n) is 2.39. The van der Waals surface area contributed by atoms with Crippen LogP contribution in [0.2, 0.25) is 10.0 Å². The molecule has 0 bridgehead atoms. The van der Waals surface area contributed by atoms with Gasteiger partial charge in [-0.25, -0.2) is 0 Å². The van der Waals surface area contributed by atoms with Gasteiger partial charge < -0.3 is 10.0 Å². The summed E-state index contributed by atoms with van der Waals surface area (Å²) in [7, 11) is 0. The first-order valence-electron chi connectivity index (χ1n) is 5.34. The molecule has 0 aliphatic rings. The Morgan fingerprint density at radius 2 is 2.00 bits per heavy atom. The van der Waals surface area contributed by atoms with Gasteiger partial charge in [-0.1, -0.05) is 23.2 Å². The largest absolute Gasteiger partial charge is 0.395 e. The first-order valence-corrected chi connectivity index (χ1v) is 6.10. The third-order valence-corrected chi connectivity index (χ3v) is 3.13. The van der Waals surface area contributed by atoms with E-state index in [9.17, 15) is 4.79 Å². The summed E-state index contributed by atoms with van der Waals surface area (Å²) in [5.41, 5.74) is 0.474. The minimum absolute atomic E-state index is 0.0177. The minimum atomic E-state index is -0.160. The van der Waals surface area contributed by atoms with E-state index < -0.39 is 0 Å². The predicted molar refractivity (Wildman–Crippen MR) is 69.7 cm³/mol. The van der Waals surface area contributed by atoms with Crippen molar-refractivity contribution in [2.24, 2.45) is 0 Å². The maximum atomic E-state index is 12.2. The molecule has 0 atom stereocenters. The molecule has 0 aromatic heterocycles. The molecule has 0 unspecified atom stereocenters. The molecule has 0 fully saturated rings. The third kappa shape index (κ3) is 3.60. The number of aliphatic hydroxyl groups excluding tert-OH is 1. The summed E-state index contributed by atoms with van der Waals surface area (Å²) < 4.78 is 0. The average Bonchev–Trinajstić information content (AvgIpc) is 2.28.